The van der Waals surface area contributed by atoms with Gasteiger partial charge in [0.15, 0.2) is 5.82 Å². The molecule has 1 aliphatic carbocycles. The van der Waals surface area contributed by atoms with Crippen molar-refractivity contribution in [3.63, 3.8) is 0 Å². The minimum atomic E-state index is -0.556. The van der Waals surface area contributed by atoms with E-state index in [0.717, 1.165) is 62.3 Å². The molecule has 4 aliphatic rings. The maximum atomic E-state index is 11.9. The van der Waals surface area contributed by atoms with Crippen LogP contribution in [0.5, 0.6) is 0 Å². The summed E-state index contributed by atoms with van der Waals surface area (Å²) in [5.74, 6) is 0.593. The number of nitrogens with zero attached hydrogens (tertiary/aromatic N) is 6. The molecule has 1 saturated heterocycles. The van der Waals surface area contributed by atoms with Gasteiger partial charge >= 0.3 is 5.97 Å². The van der Waals surface area contributed by atoms with Crippen LogP contribution in [-0.4, -0.2) is 73.0 Å². The van der Waals surface area contributed by atoms with Gasteiger partial charge in [-0.1, -0.05) is 18.2 Å². The number of benzene rings is 1. The number of carbonyl (C=O) groups is 1. The molecule has 2 aromatic rings. The van der Waals surface area contributed by atoms with Crippen molar-refractivity contribution < 1.29 is 14.6 Å². The molecule has 2 fully saturated rings. The van der Waals surface area contributed by atoms with E-state index in [1.807, 2.05) is 4.68 Å². The minimum absolute atomic E-state index is 0.106. The van der Waals surface area contributed by atoms with E-state index in [4.69, 9.17) is 4.74 Å². The maximum absolute atomic E-state index is 11.9. The van der Waals surface area contributed by atoms with Crippen LogP contribution in [-0.2, 0) is 22.6 Å². The van der Waals surface area contributed by atoms with E-state index in [1.54, 1.807) is 6.92 Å². The summed E-state index contributed by atoms with van der Waals surface area (Å²) in [6.45, 7) is 5.88. The second-order valence-corrected chi connectivity index (χ2v) is 10.6. The molecule has 1 aromatic heterocycles. The smallest absolute Gasteiger partial charge is 0.335 e. The Morgan fingerprint density at radius 3 is 2.82 bits per heavy atom. The first-order valence-electron chi connectivity index (χ1n) is 12.3. The van der Waals surface area contributed by atoms with Crippen molar-refractivity contribution in [3.05, 3.63) is 40.6 Å². The van der Waals surface area contributed by atoms with Crippen LogP contribution in [0.15, 0.2) is 29.5 Å². The van der Waals surface area contributed by atoms with Crippen molar-refractivity contribution in [2.75, 3.05) is 13.7 Å². The van der Waals surface area contributed by atoms with Crippen molar-refractivity contribution in [1.29, 1.82) is 0 Å². The van der Waals surface area contributed by atoms with E-state index < -0.39 is 6.23 Å². The molecule has 9 nitrogen and oxygen atoms in total. The molecular weight excluding hydrogens is 432 g/mol. The Bertz CT molecular complexity index is 1170. The average molecular weight is 465 g/mol. The topological polar surface area (TPSA) is 96.6 Å². The molecule has 1 N–H and O–H groups in total. The highest BCUT2D eigenvalue weighted by Gasteiger charge is 2.53. The van der Waals surface area contributed by atoms with E-state index >= 15 is 0 Å². The number of aromatic nitrogens is 4. The molecule has 0 radical (unpaired) electrons. The molecular formula is C25H32N6O3. The summed E-state index contributed by atoms with van der Waals surface area (Å²) in [6.07, 6.45) is 4.52. The lowest BCUT2D eigenvalue weighted by molar-refractivity contribution is -0.136. The second-order valence-electron chi connectivity index (χ2n) is 10.6. The van der Waals surface area contributed by atoms with Gasteiger partial charge in [0.25, 0.3) is 0 Å². The molecule has 9 heteroatoms. The summed E-state index contributed by atoms with van der Waals surface area (Å²) >= 11 is 0. The molecule has 0 bridgehead atoms. The number of rotatable bonds is 4. The van der Waals surface area contributed by atoms with Crippen LogP contribution in [0.25, 0.3) is 11.4 Å². The number of ether oxygens (including phenoxy) is 1. The number of aliphatic hydroxyl groups is 1. The summed E-state index contributed by atoms with van der Waals surface area (Å²) in [5, 5.41) is 23.3. The first kappa shape index (κ1) is 21.7. The fourth-order valence-corrected chi connectivity index (χ4v) is 6.74. The largest absolute Gasteiger partial charge is 0.456 e. The predicted molar refractivity (Wildman–Crippen MR) is 124 cm³/mol. The van der Waals surface area contributed by atoms with E-state index in [-0.39, 0.29) is 24.0 Å². The van der Waals surface area contributed by atoms with Crippen molar-refractivity contribution in [3.8, 4) is 11.4 Å². The third kappa shape index (κ3) is 3.28. The van der Waals surface area contributed by atoms with Crippen LogP contribution >= 0.6 is 0 Å². The van der Waals surface area contributed by atoms with Crippen molar-refractivity contribution in [2.24, 2.45) is 5.41 Å². The maximum Gasteiger partial charge on any atom is 0.335 e. The molecule has 4 heterocycles. The third-order valence-electron chi connectivity index (χ3n) is 8.65. The van der Waals surface area contributed by atoms with Gasteiger partial charge in [-0.15, -0.1) is 5.10 Å². The Labute approximate surface area is 199 Å². The molecule has 1 unspecified atom stereocenters. The number of hydrogen-bond acceptors (Lipinski definition) is 8. The van der Waals surface area contributed by atoms with E-state index in [9.17, 15) is 9.90 Å². The van der Waals surface area contributed by atoms with Crippen molar-refractivity contribution in [1.82, 2.24) is 30.0 Å². The number of hydrogen-bond donors (Lipinski definition) is 1. The first-order valence-corrected chi connectivity index (χ1v) is 12.3. The Kier molecular flexibility index (Phi) is 5.04. The lowest BCUT2D eigenvalue weighted by Gasteiger charge is -2.43. The normalized spacial score (nSPS) is 30.4. The standard InChI is InChI=1S/C25H32N6O3/c1-15-11-25(24(33)31(15)21-14-34-23(32)16(21)2)8-6-19(7-9-25)29(3)12-17-4-5-20-18(10-17)13-30-22(20)26-27-28-30/h4-5,10,15,19,24,33H,6-9,11-14H2,1-3H3/t15-,19-,24?,25+/m1/s1. The van der Waals surface area contributed by atoms with Crippen LogP contribution in [0.3, 0.4) is 0 Å². The van der Waals surface area contributed by atoms with E-state index in [0.29, 0.717) is 11.6 Å². The summed E-state index contributed by atoms with van der Waals surface area (Å²) < 4.78 is 7.07. The molecule has 3 aliphatic heterocycles. The second kappa shape index (κ2) is 7.88. The average Bonchev–Trinajstić information content (AvgIpc) is 3.54. The molecule has 1 aromatic carbocycles. The third-order valence-corrected chi connectivity index (χ3v) is 8.65. The molecule has 1 saturated carbocycles. The molecule has 1 spiro atoms. The summed E-state index contributed by atoms with van der Waals surface area (Å²) in [7, 11) is 2.21. The van der Waals surface area contributed by atoms with E-state index in [2.05, 4.69) is 57.5 Å². The highest BCUT2D eigenvalue weighted by molar-refractivity contribution is 5.90. The van der Waals surface area contributed by atoms with Crippen LogP contribution in [0, 0.1) is 5.41 Å². The van der Waals surface area contributed by atoms with Gasteiger partial charge in [0, 0.05) is 29.6 Å². The number of fused-ring (bicyclic) bond motifs is 3. The zero-order chi connectivity index (χ0) is 23.6. The van der Waals surface area contributed by atoms with Gasteiger partial charge in [0.1, 0.15) is 12.8 Å². The highest BCUT2D eigenvalue weighted by Crippen LogP contribution is 2.52. The van der Waals surface area contributed by atoms with Crippen LogP contribution in [0.4, 0.5) is 0 Å². The SMILES string of the molecule is CC1=C(N2C(O)[C@]3(CC[C@@H](N(C)Cc4ccc5c(c4)Cn4nnnc4-5)CC3)C[C@H]2C)COC1=O. The Morgan fingerprint density at radius 1 is 1.29 bits per heavy atom. The number of tetrazole rings is 1. The van der Waals surface area contributed by atoms with Crippen LogP contribution in [0.2, 0.25) is 0 Å². The predicted octanol–water partition coefficient (Wildman–Crippen LogP) is 2.31. The van der Waals surface area contributed by atoms with E-state index in [1.165, 1.54) is 11.1 Å². The summed E-state index contributed by atoms with van der Waals surface area (Å²) in [6, 6.07) is 7.30. The van der Waals surface area contributed by atoms with Gasteiger partial charge in [-0.2, -0.15) is 0 Å². The van der Waals surface area contributed by atoms with Crippen molar-refractivity contribution in [2.45, 2.75) is 77.4 Å². The van der Waals surface area contributed by atoms with Gasteiger partial charge in [-0.3, -0.25) is 4.90 Å². The highest BCUT2D eigenvalue weighted by atomic mass is 16.5. The van der Waals surface area contributed by atoms with Gasteiger partial charge in [-0.25, -0.2) is 9.48 Å². The zero-order valence-electron chi connectivity index (χ0n) is 20.1. The summed E-state index contributed by atoms with van der Waals surface area (Å²) in [5.41, 5.74) is 5.09. The fraction of sp³-hybridized carbons (Fsp3) is 0.600. The van der Waals surface area contributed by atoms with Gasteiger partial charge in [0.2, 0.25) is 0 Å². The Balaban J connectivity index is 1.10. The molecule has 34 heavy (non-hydrogen) atoms. The lowest BCUT2D eigenvalue weighted by atomic mass is 9.70. The van der Waals surface area contributed by atoms with Gasteiger partial charge in [-0.05, 0) is 74.6 Å². The summed E-state index contributed by atoms with van der Waals surface area (Å²) in [4.78, 5) is 16.4. The molecule has 2 atom stereocenters. The first-order chi connectivity index (χ1) is 16.4. The minimum Gasteiger partial charge on any atom is -0.456 e. The quantitative estimate of drug-likeness (QED) is 0.588. The van der Waals surface area contributed by atoms with Crippen LogP contribution < -0.4 is 0 Å². The number of esters is 1. The zero-order valence-corrected chi connectivity index (χ0v) is 20.1. The Morgan fingerprint density at radius 2 is 2.09 bits per heavy atom. The number of aliphatic hydroxyl groups excluding tert-OH is 1. The number of likely N-dealkylation sites (tertiary alicyclic amines) is 1. The fourth-order valence-electron chi connectivity index (χ4n) is 6.74. The monoisotopic (exact) mass is 464 g/mol. The number of carbonyl (C=O) groups excluding carboxylic acids is 1. The number of cyclic esters (lactones) is 1. The molecule has 180 valence electrons. The van der Waals surface area contributed by atoms with Gasteiger partial charge < -0.3 is 14.7 Å². The van der Waals surface area contributed by atoms with Crippen molar-refractivity contribution >= 4 is 5.97 Å². The lowest BCUT2D eigenvalue weighted by Crippen LogP contribution is -2.45. The van der Waals surface area contributed by atoms with Gasteiger partial charge in [0.05, 0.1) is 17.8 Å². The van der Waals surface area contributed by atoms with Crippen LogP contribution in [0.1, 0.15) is 57.1 Å². The molecule has 6 rings (SSSR count). The molecule has 0 amide bonds. The Hall–Kier alpha value is -2.78.